The van der Waals surface area contributed by atoms with Crippen LogP contribution in [-0.4, -0.2) is 25.7 Å². The highest BCUT2D eigenvalue weighted by atomic mass is 35.5. The number of alkyl halides is 2. The number of aromatic nitrogens is 2. The van der Waals surface area contributed by atoms with Crippen LogP contribution in [0.3, 0.4) is 0 Å². The highest BCUT2D eigenvalue weighted by Gasteiger charge is 2.67. The maximum atomic E-state index is 12.9. The molecule has 4 rings (SSSR count). The molecule has 0 bridgehead atoms. The van der Waals surface area contributed by atoms with E-state index in [1.807, 2.05) is 0 Å². The van der Waals surface area contributed by atoms with Crippen molar-refractivity contribution in [3.8, 4) is 0 Å². The lowest BCUT2D eigenvalue weighted by molar-refractivity contribution is -0.117. The lowest BCUT2D eigenvalue weighted by atomic mass is 10.1. The van der Waals surface area contributed by atoms with Crippen LogP contribution in [0.25, 0.3) is 0 Å². The fourth-order valence-corrected chi connectivity index (χ4v) is 5.21. The van der Waals surface area contributed by atoms with Crippen LogP contribution in [0.2, 0.25) is 15.1 Å². The van der Waals surface area contributed by atoms with Crippen LogP contribution in [0.1, 0.15) is 21.8 Å². The summed E-state index contributed by atoms with van der Waals surface area (Å²) in [6.45, 7) is 0. The van der Waals surface area contributed by atoms with Gasteiger partial charge in [0.15, 0.2) is 0 Å². The zero-order chi connectivity index (χ0) is 22.3. The molecule has 1 aliphatic rings. The smallest absolute Gasteiger partial charge is 0.257 e. The number of nitrogens with zero attached hydrogens (tertiary/aromatic N) is 2. The first-order valence-electron chi connectivity index (χ1n) is 8.69. The molecule has 160 valence electrons. The van der Waals surface area contributed by atoms with E-state index in [0.717, 1.165) is 11.5 Å². The molecule has 2 amide bonds. The van der Waals surface area contributed by atoms with Gasteiger partial charge in [-0.2, -0.15) is 0 Å². The van der Waals surface area contributed by atoms with Crippen molar-refractivity contribution in [2.45, 2.75) is 10.3 Å². The van der Waals surface area contributed by atoms with Gasteiger partial charge in [-0.3, -0.25) is 9.59 Å². The normalized spacial score (nSPS) is 19.0. The van der Waals surface area contributed by atoms with Crippen LogP contribution < -0.4 is 10.6 Å². The van der Waals surface area contributed by atoms with Crippen LogP contribution in [0, 0.1) is 5.92 Å². The van der Waals surface area contributed by atoms with Crippen molar-refractivity contribution in [1.82, 2.24) is 9.59 Å². The summed E-state index contributed by atoms with van der Waals surface area (Å²) in [5.41, 5.74) is 1.20. The number of hydrogen-bond donors (Lipinski definition) is 2. The van der Waals surface area contributed by atoms with Gasteiger partial charge in [-0.25, -0.2) is 0 Å². The van der Waals surface area contributed by atoms with Crippen molar-refractivity contribution in [2.75, 3.05) is 10.6 Å². The molecule has 0 aliphatic heterocycles. The number of amides is 2. The summed E-state index contributed by atoms with van der Waals surface area (Å²) >= 11 is 32.1. The highest BCUT2D eigenvalue weighted by molar-refractivity contribution is 7.10. The Kier molecular flexibility index (Phi) is 6.36. The number of anilines is 2. The predicted molar refractivity (Wildman–Crippen MR) is 125 cm³/mol. The average Bonchev–Trinajstić information content (AvgIpc) is 2.99. The molecule has 3 aromatic rings. The molecule has 1 saturated carbocycles. The monoisotopic (exact) mass is 534 g/mol. The minimum Gasteiger partial charge on any atom is -0.326 e. The molecule has 2 atom stereocenters. The second-order valence-electron chi connectivity index (χ2n) is 6.75. The number of nitrogens with one attached hydrogen (secondary N) is 2. The number of halogens is 5. The van der Waals surface area contributed by atoms with Crippen molar-refractivity contribution in [2.24, 2.45) is 5.92 Å². The number of rotatable bonds is 5. The third-order valence-electron chi connectivity index (χ3n) is 4.66. The van der Waals surface area contributed by atoms with E-state index in [4.69, 9.17) is 58.0 Å². The van der Waals surface area contributed by atoms with E-state index in [-0.39, 0.29) is 10.6 Å². The third-order valence-corrected chi connectivity index (χ3v) is 6.94. The van der Waals surface area contributed by atoms with Crippen LogP contribution in [0.15, 0.2) is 42.6 Å². The summed E-state index contributed by atoms with van der Waals surface area (Å²) in [5, 5.41) is 10.5. The molecule has 6 nitrogen and oxygen atoms in total. The van der Waals surface area contributed by atoms with Gasteiger partial charge in [0.05, 0.1) is 22.7 Å². The Morgan fingerprint density at radius 1 is 1.00 bits per heavy atom. The molecule has 12 heteroatoms. The van der Waals surface area contributed by atoms with Crippen LogP contribution in [0.4, 0.5) is 10.7 Å². The molecule has 1 fully saturated rings. The highest BCUT2D eigenvalue weighted by Crippen LogP contribution is 2.65. The van der Waals surface area contributed by atoms with Crippen molar-refractivity contribution in [1.29, 1.82) is 0 Å². The van der Waals surface area contributed by atoms with Crippen LogP contribution >= 0.6 is 69.5 Å². The molecule has 1 heterocycles. The quantitative estimate of drug-likeness (QED) is 0.376. The minimum atomic E-state index is -1.32. The van der Waals surface area contributed by atoms with E-state index in [9.17, 15) is 9.59 Å². The first kappa shape index (κ1) is 22.6. The Morgan fingerprint density at radius 2 is 1.71 bits per heavy atom. The zero-order valence-corrected chi connectivity index (χ0v) is 19.8. The molecular formula is C19H11Cl5N4O2S. The number of carbonyl (C=O) groups is 2. The van der Waals surface area contributed by atoms with E-state index in [2.05, 4.69) is 20.2 Å². The van der Waals surface area contributed by atoms with E-state index < -0.39 is 28.0 Å². The Labute approximate surface area is 205 Å². The number of hydrogen-bond acceptors (Lipinski definition) is 5. The first-order chi connectivity index (χ1) is 14.7. The molecule has 2 aromatic carbocycles. The number of benzene rings is 2. The molecule has 0 spiro atoms. The summed E-state index contributed by atoms with van der Waals surface area (Å²) in [7, 11) is 0. The fourth-order valence-electron chi connectivity index (χ4n) is 3.22. The fraction of sp³-hybridized carbons (Fsp3) is 0.158. The molecule has 0 unspecified atom stereocenters. The predicted octanol–water partition coefficient (Wildman–Crippen LogP) is 6.28. The van der Waals surface area contributed by atoms with E-state index in [1.165, 1.54) is 18.3 Å². The van der Waals surface area contributed by atoms with Crippen LogP contribution in [-0.2, 0) is 4.79 Å². The topological polar surface area (TPSA) is 84.0 Å². The minimum absolute atomic E-state index is 0.171. The summed E-state index contributed by atoms with van der Waals surface area (Å²) in [6.07, 6.45) is 1.41. The first-order valence-corrected chi connectivity index (χ1v) is 11.4. The van der Waals surface area contributed by atoms with Gasteiger partial charge in [-0.05, 0) is 42.0 Å². The van der Waals surface area contributed by atoms with Gasteiger partial charge >= 0.3 is 0 Å². The third kappa shape index (κ3) is 4.77. The summed E-state index contributed by atoms with van der Waals surface area (Å²) < 4.78 is 2.36. The van der Waals surface area contributed by atoms with Gasteiger partial charge in [0.25, 0.3) is 5.91 Å². The van der Waals surface area contributed by atoms with E-state index in [0.29, 0.717) is 26.3 Å². The second kappa shape index (κ2) is 8.73. The molecule has 31 heavy (non-hydrogen) atoms. The SMILES string of the molecule is O=C(Nc1cnns1)c1cc(NC(=O)[C@H]2[C@H](c3cc(Cl)cc(Cl)c3)C2(Cl)Cl)ccc1Cl. The van der Waals surface area contributed by atoms with Crippen molar-refractivity contribution < 1.29 is 9.59 Å². The van der Waals surface area contributed by atoms with Crippen LogP contribution in [0.5, 0.6) is 0 Å². The summed E-state index contributed by atoms with van der Waals surface area (Å²) in [4.78, 5) is 25.4. The van der Waals surface area contributed by atoms with Gasteiger partial charge in [0.1, 0.15) is 9.33 Å². The van der Waals surface area contributed by atoms with Gasteiger partial charge in [-0.15, -0.1) is 28.3 Å². The summed E-state index contributed by atoms with van der Waals surface area (Å²) in [5.74, 6) is -2.09. The molecule has 1 aromatic heterocycles. The van der Waals surface area contributed by atoms with Gasteiger partial charge < -0.3 is 10.6 Å². The summed E-state index contributed by atoms with van der Waals surface area (Å²) in [6, 6.07) is 9.46. The van der Waals surface area contributed by atoms with E-state index in [1.54, 1.807) is 24.3 Å². The Bertz CT molecular complexity index is 1150. The maximum absolute atomic E-state index is 12.9. The lowest BCUT2D eigenvalue weighted by Gasteiger charge is -2.09. The number of carbonyl (C=O) groups excluding carboxylic acids is 2. The van der Waals surface area contributed by atoms with E-state index >= 15 is 0 Å². The van der Waals surface area contributed by atoms with Gasteiger partial charge in [0, 0.05) is 33.2 Å². The molecule has 2 N–H and O–H groups in total. The molecule has 0 saturated heterocycles. The van der Waals surface area contributed by atoms with Gasteiger partial charge in [-0.1, -0.05) is 39.3 Å². The molecular weight excluding hydrogens is 526 g/mol. The Hall–Kier alpha value is -1.61. The molecule has 0 radical (unpaired) electrons. The molecule has 1 aliphatic carbocycles. The Balaban J connectivity index is 1.51. The Morgan fingerprint density at radius 3 is 2.35 bits per heavy atom. The van der Waals surface area contributed by atoms with Crippen molar-refractivity contribution in [3.05, 3.63) is 68.8 Å². The lowest BCUT2D eigenvalue weighted by Crippen LogP contribution is -2.18. The van der Waals surface area contributed by atoms with Crippen molar-refractivity contribution >= 4 is 92.0 Å². The maximum Gasteiger partial charge on any atom is 0.257 e. The average molecular weight is 537 g/mol. The van der Waals surface area contributed by atoms with Crippen molar-refractivity contribution in [3.63, 3.8) is 0 Å². The largest absolute Gasteiger partial charge is 0.326 e. The second-order valence-corrected chi connectivity index (χ2v) is 10.3. The zero-order valence-electron chi connectivity index (χ0n) is 15.2. The van der Waals surface area contributed by atoms with Gasteiger partial charge in [0.2, 0.25) is 5.91 Å². The standard InChI is InChI=1S/C19H11Cl5N4O2S/c20-9-3-8(4-10(21)5-9)15-16(19(15,23)24)18(30)26-11-1-2-13(22)12(6-11)17(29)27-14-7-25-28-31-14/h1-7,15-16H,(H,26,30)(H,27,29)/t15-,16+/m0/s1.